The van der Waals surface area contributed by atoms with Gasteiger partial charge >= 0.3 is 17.9 Å². The maximum Gasteiger partial charge on any atom is 0.306 e. The van der Waals surface area contributed by atoms with Gasteiger partial charge in [0.25, 0.3) is 0 Å². The summed E-state index contributed by atoms with van der Waals surface area (Å²) in [5, 5.41) is 0. The molecule has 0 aromatic carbocycles. The summed E-state index contributed by atoms with van der Waals surface area (Å²) in [6.45, 7) is 6.37. The molecule has 0 bridgehead atoms. The van der Waals surface area contributed by atoms with Crippen molar-refractivity contribution in [1.29, 1.82) is 0 Å². The zero-order valence-electron chi connectivity index (χ0n) is 52.5. The normalized spacial score (nSPS) is 13.1. The topological polar surface area (TPSA) is 78.9 Å². The molecule has 0 spiro atoms. The first-order valence-corrected chi connectivity index (χ1v) is 33.3. The van der Waals surface area contributed by atoms with Gasteiger partial charge in [0.1, 0.15) is 13.2 Å². The van der Waals surface area contributed by atoms with E-state index in [0.717, 1.165) is 161 Å². The van der Waals surface area contributed by atoms with Crippen molar-refractivity contribution >= 4 is 17.9 Å². The first-order valence-electron chi connectivity index (χ1n) is 33.3. The number of carbonyl (C=O) groups is 3. The van der Waals surface area contributed by atoms with Gasteiger partial charge in [-0.05, 0) is 141 Å². The number of ether oxygens (including phenoxy) is 3. The fourth-order valence-corrected chi connectivity index (χ4v) is 8.88. The van der Waals surface area contributed by atoms with Crippen LogP contribution in [0.4, 0.5) is 0 Å². The van der Waals surface area contributed by atoms with E-state index in [2.05, 4.69) is 167 Å². The monoisotopic (exact) mass is 1120 g/mol. The molecule has 0 saturated carbocycles. The molecule has 0 radical (unpaired) electrons. The molecule has 0 amide bonds. The van der Waals surface area contributed by atoms with Crippen molar-refractivity contribution in [2.24, 2.45) is 0 Å². The summed E-state index contributed by atoms with van der Waals surface area (Å²) < 4.78 is 16.9. The molecule has 0 saturated heterocycles. The van der Waals surface area contributed by atoms with E-state index in [-0.39, 0.29) is 31.1 Å². The largest absolute Gasteiger partial charge is 0.462 e. The zero-order valence-corrected chi connectivity index (χ0v) is 52.5. The molecule has 0 rings (SSSR count). The average molecular weight is 1120 g/mol. The lowest BCUT2D eigenvalue weighted by atomic mass is 10.1. The first-order chi connectivity index (χ1) is 40.0. The number of hydrogen-bond donors (Lipinski definition) is 0. The van der Waals surface area contributed by atoms with E-state index in [0.29, 0.717) is 19.3 Å². The fraction of sp³-hybridized carbons (Fsp3) is 0.640. The summed E-state index contributed by atoms with van der Waals surface area (Å²) in [6, 6.07) is 0. The zero-order chi connectivity index (χ0) is 58.5. The van der Waals surface area contributed by atoms with Crippen LogP contribution in [0.25, 0.3) is 0 Å². The summed E-state index contributed by atoms with van der Waals surface area (Å²) in [4.78, 5) is 38.4. The summed E-state index contributed by atoms with van der Waals surface area (Å²) in [5.74, 6) is -0.946. The van der Waals surface area contributed by atoms with Gasteiger partial charge in [-0.2, -0.15) is 0 Å². The fourth-order valence-electron chi connectivity index (χ4n) is 8.88. The summed E-state index contributed by atoms with van der Waals surface area (Å²) in [7, 11) is 0. The standard InChI is InChI=1S/C75H122O6/c1-4-7-10-13-16-19-22-25-28-31-33-35-36-37-38-40-41-44-47-50-53-56-59-62-65-68-74(77)80-71-72(70-79-73(76)67-64-61-58-55-52-49-46-43-30-27-24-21-18-15-12-9-6-3)81-75(78)69-66-63-60-57-54-51-48-45-42-39-34-32-29-26-23-20-17-14-11-8-5-2/h8-9,11-12,17-18,20-22,25-27,29-31,33-34,36-37,39,45-46,48-49,72H,4-7,10,13-16,19,23-24,28,32,35,38,40-44,47,50-71H2,1-3H3/b11-8-,12-9-,20-17-,21-18-,25-22-,29-26-,30-27-,33-31-,37-36-,39-34-,48-45-,49-46-. The Morgan fingerprint density at radius 3 is 0.753 bits per heavy atom. The Balaban J connectivity index is 4.46. The summed E-state index contributed by atoms with van der Waals surface area (Å²) in [5.41, 5.74) is 0. The molecule has 0 aliphatic rings. The molecular formula is C75H122O6. The van der Waals surface area contributed by atoms with Gasteiger partial charge in [-0.1, -0.05) is 276 Å². The van der Waals surface area contributed by atoms with Crippen molar-refractivity contribution in [3.8, 4) is 0 Å². The molecule has 1 atom stereocenters. The number of allylic oxidation sites excluding steroid dienone is 24. The van der Waals surface area contributed by atoms with Crippen LogP contribution in [-0.4, -0.2) is 37.2 Å². The van der Waals surface area contributed by atoms with E-state index in [1.165, 1.54) is 89.9 Å². The van der Waals surface area contributed by atoms with Gasteiger partial charge in [-0.3, -0.25) is 14.4 Å². The van der Waals surface area contributed by atoms with E-state index in [9.17, 15) is 14.4 Å². The maximum absolute atomic E-state index is 12.9. The number of unbranched alkanes of at least 4 members (excludes halogenated alkanes) is 24. The molecular weight excluding hydrogens is 997 g/mol. The highest BCUT2D eigenvalue weighted by Crippen LogP contribution is 2.15. The van der Waals surface area contributed by atoms with Gasteiger partial charge in [-0.15, -0.1) is 0 Å². The van der Waals surface area contributed by atoms with Gasteiger partial charge in [0, 0.05) is 19.3 Å². The van der Waals surface area contributed by atoms with Crippen LogP contribution in [0.1, 0.15) is 290 Å². The third-order valence-corrected chi connectivity index (χ3v) is 13.8. The Kier molecular flexibility index (Phi) is 63.9. The first kappa shape index (κ1) is 76.3. The summed E-state index contributed by atoms with van der Waals surface area (Å²) in [6.07, 6.45) is 97.1. The smallest absolute Gasteiger partial charge is 0.306 e. The Morgan fingerprint density at radius 1 is 0.259 bits per heavy atom. The lowest BCUT2D eigenvalue weighted by molar-refractivity contribution is -0.167. The lowest BCUT2D eigenvalue weighted by Crippen LogP contribution is -2.30. The van der Waals surface area contributed by atoms with Crippen LogP contribution in [0, 0.1) is 0 Å². The van der Waals surface area contributed by atoms with Crippen molar-refractivity contribution in [3.63, 3.8) is 0 Å². The number of carbonyl (C=O) groups excluding carboxylic acids is 3. The Bertz CT molecular complexity index is 1760. The molecule has 0 fully saturated rings. The van der Waals surface area contributed by atoms with E-state index < -0.39 is 6.10 Å². The van der Waals surface area contributed by atoms with Crippen LogP contribution >= 0.6 is 0 Å². The quantitative estimate of drug-likeness (QED) is 0.0261. The third kappa shape index (κ3) is 66.0. The van der Waals surface area contributed by atoms with E-state index in [4.69, 9.17) is 14.2 Å². The number of rotatable bonds is 59. The average Bonchev–Trinajstić information content (AvgIpc) is 3.47. The van der Waals surface area contributed by atoms with Gasteiger partial charge in [-0.25, -0.2) is 0 Å². The van der Waals surface area contributed by atoms with Gasteiger partial charge in [0.05, 0.1) is 0 Å². The number of esters is 3. The Morgan fingerprint density at radius 2 is 0.481 bits per heavy atom. The highest BCUT2D eigenvalue weighted by Gasteiger charge is 2.19. The molecule has 6 nitrogen and oxygen atoms in total. The van der Waals surface area contributed by atoms with Gasteiger partial charge < -0.3 is 14.2 Å². The predicted octanol–water partition coefficient (Wildman–Crippen LogP) is 23.1. The second kappa shape index (κ2) is 67.8. The molecule has 6 heteroatoms. The van der Waals surface area contributed by atoms with Crippen LogP contribution in [0.15, 0.2) is 146 Å². The van der Waals surface area contributed by atoms with Crippen molar-refractivity contribution in [1.82, 2.24) is 0 Å². The molecule has 1 unspecified atom stereocenters. The van der Waals surface area contributed by atoms with Crippen LogP contribution < -0.4 is 0 Å². The molecule has 0 aliphatic carbocycles. The molecule has 0 aromatic heterocycles. The highest BCUT2D eigenvalue weighted by atomic mass is 16.6. The van der Waals surface area contributed by atoms with E-state index >= 15 is 0 Å². The Labute approximate surface area is 499 Å². The lowest BCUT2D eigenvalue weighted by Gasteiger charge is -2.18. The van der Waals surface area contributed by atoms with Crippen molar-refractivity contribution in [3.05, 3.63) is 146 Å². The molecule has 458 valence electrons. The minimum absolute atomic E-state index is 0.101. The predicted molar refractivity (Wildman–Crippen MR) is 352 cm³/mol. The van der Waals surface area contributed by atoms with Gasteiger partial charge in [0.2, 0.25) is 0 Å². The van der Waals surface area contributed by atoms with E-state index in [1.807, 2.05) is 0 Å². The number of hydrogen-bond acceptors (Lipinski definition) is 6. The van der Waals surface area contributed by atoms with Crippen molar-refractivity contribution in [2.75, 3.05) is 13.2 Å². The molecule has 81 heavy (non-hydrogen) atoms. The molecule has 0 heterocycles. The van der Waals surface area contributed by atoms with E-state index in [1.54, 1.807) is 0 Å². The highest BCUT2D eigenvalue weighted by molar-refractivity contribution is 5.71. The van der Waals surface area contributed by atoms with Crippen molar-refractivity contribution in [2.45, 2.75) is 297 Å². The Hall–Kier alpha value is -4.71. The summed E-state index contributed by atoms with van der Waals surface area (Å²) >= 11 is 0. The minimum atomic E-state index is -0.809. The van der Waals surface area contributed by atoms with Crippen LogP contribution in [0.2, 0.25) is 0 Å². The van der Waals surface area contributed by atoms with Crippen molar-refractivity contribution < 1.29 is 28.6 Å². The molecule has 0 aliphatic heterocycles. The third-order valence-electron chi connectivity index (χ3n) is 13.8. The molecule has 0 aromatic rings. The van der Waals surface area contributed by atoms with Crippen LogP contribution in [0.5, 0.6) is 0 Å². The van der Waals surface area contributed by atoms with Crippen LogP contribution in [0.3, 0.4) is 0 Å². The molecule has 0 N–H and O–H groups in total. The second-order valence-electron chi connectivity index (χ2n) is 21.6. The minimum Gasteiger partial charge on any atom is -0.462 e. The maximum atomic E-state index is 12.9. The second-order valence-corrected chi connectivity index (χ2v) is 21.6. The SMILES string of the molecule is CC/C=C\C/C=C\C/C=C\C/C=C\C/C=C\CCCCCCCC(=O)OC(COC(=O)CCCCCC/C=C\C/C=C\C/C=C\C/C=C\CC)COC(=O)CCCCCCCCCCCC/C=C\C/C=C\C/C=C\CCCCCCC. The van der Waals surface area contributed by atoms with Gasteiger partial charge in [0.15, 0.2) is 6.10 Å². The van der Waals surface area contributed by atoms with Crippen LogP contribution in [-0.2, 0) is 28.6 Å².